The van der Waals surface area contributed by atoms with Crippen molar-refractivity contribution in [1.82, 2.24) is 10.2 Å². The van der Waals surface area contributed by atoms with E-state index in [0.29, 0.717) is 23.1 Å². The summed E-state index contributed by atoms with van der Waals surface area (Å²) in [5.74, 6) is 0.691. The van der Waals surface area contributed by atoms with Crippen LogP contribution in [0.25, 0.3) is 11.0 Å². The molecule has 6 nitrogen and oxygen atoms in total. The topological polar surface area (TPSA) is 77.2 Å². The Balaban J connectivity index is 1.53. The van der Waals surface area contributed by atoms with Gasteiger partial charge >= 0.3 is 5.63 Å². The maximum atomic E-state index is 11.7. The van der Waals surface area contributed by atoms with Crippen molar-refractivity contribution in [3.63, 3.8) is 0 Å². The molecule has 4 rings (SSSR count). The molecule has 142 valence electrons. The molecule has 0 amide bonds. The summed E-state index contributed by atoms with van der Waals surface area (Å²) < 4.78 is 11.3. The van der Waals surface area contributed by atoms with E-state index in [1.165, 1.54) is 17.4 Å². The van der Waals surface area contributed by atoms with Crippen molar-refractivity contribution in [3.05, 3.63) is 75.1 Å². The van der Waals surface area contributed by atoms with Crippen LogP contribution in [0.3, 0.4) is 0 Å². The normalized spacial score (nSPS) is 10.9. The number of nitrogens with one attached hydrogen (secondary N) is 1. The summed E-state index contributed by atoms with van der Waals surface area (Å²) >= 11 is 1.44. The number of nitrogens with zero attached hydrogens (tertiary/aromatic N) is 2. The minimum Gasteiger partial charge on any atom is -0.486 e. The Morgan fingerprint density at radius 3 is 2.75 bits per heavy atom. The Bertz CT molecular complexity index is 1170. The molecule has 1 N–H and O–H groups in total. The van der Waals surface area contributed by atoms with E-state index in [1.807, 2.05) is 43.3 Å². The van der Waals surface area contributed by atoms with Gasteiger partial charge in [-0.3, -0.25) is 0 Å². The second-order valence-electron chi connectivity index (χ2n) is 6.34. The molecule has 0 spiro atoms. The maximum Gasteiger partial charge on any atom is 0.336 e. The number of benzene rings is 2. The second kappa shape index (κ2) is 7.82. The molecule has 2 aromatic heterocycles. The van der Waals surface area contributed by atoms with E-state index < -0.39 is 0 Å². The van der Waals surface area contributed by atoms with Crippen molar-refractivity contribution in [3.8, 4) is 5.75 Å². The third-order valence-corrected chi connectivity index (χ3v) is 5.17. The maximum absolute atomic E-state index is 11.7. The summed E-state index contributed by atoms with van der Waals surface area (Å²) in [6, 6.07) is 15.1. The molecule has 28 heavy (non-hydrogen) atoms. The van der Waals surface area contributed by atoms with E-state index in [-0.39, 0.29) is 5.63 Å². The molecule has 0 unspecified atom stereocenters. The van der Waals surface area contributed by atoms with Crippen LogP contribution in [0.2, 0.25) is 0 Å². The standard InChI is InChI=1S/C21H19N3O3S/c1-3-14-10-16-13(2)9-20(25)27-18(16)11-17(14)26-12-19-23-24-21(28-19)22-15-7-5-4-6-8-15/h4-11H,3,12H2,1-2H3,(H,22,24). The van der Waals surface area contributed by atoms with Gasteiger partial charge in [0.1, 0.15) is 17.9 Å². The number of ether oxygens (including phenoxy) is 1. The van der Waals surface area contributed by atoms with E-state index in [1.54, 1.807) is 6.07 Å². The molecule has 0 saturated heterocycles. The molecule has 0 aliphatic heterocycles. The van der Waals surface area contributed by atoms with Crippen LogP contribution in [0.4, 0.5) is 10.8 Å². The number of aryl methyl sites for hydroxylation is 2. The van der Waals surface area contributed by atoms with Gasteiger partial charge in [0, 0.05) is 23.2 Å². The van der Waals surface area contributed by atoms with E-state index in [9.17, 15) is 4.79 Å². The lowest BCUT2D eigenvalue weighted by atomic mass is 10.1. The smallest absolute Gasteiger partial charge is 0.336 e. The van der Waals surface area contributed by atoms with Crippen molar-refractivity contribution in [2.24, 2.45) is 0 Å². The first-order valence-electron chi connectivity index (χ1n) is 8.97. The fraction of sp³-hybridized carbons (Fsp3) is 0.190. The average Bonchev–Trinajstić information content (AvgIpc) is 3.13. The first kappa shape index (κ1) is 18.2. The minimum absolute atomic E-state index is 0.294. The number of anilines is 2. The van der Waals surface area contributed by atoms with Crippen LogP contribution < -0.4 is 15.7 Å². The molecule has 0 saturated carbocycles. The monoisotopic (exact) mass is 393 g/mol. The number of hydrogen-bond donors (Lipinski definition) is 1. The van der Waals surface area contributed by atoms with E-state index >= 15 is 0 Å². The third-order valence-electron chi connectivity index (χ3n) is 4.36. The molecule has 0 aliphatic rings. The molecule has 2 heterocycles. The van der Waals surface area contributed by atoms with Crippen molar-refractivity contribution >= 4 is 33.1 Å². The van der Waals surface area contributed by atoms with Crippen molar-refractivity contribution < 1.29 is 9.15 Å². The van der Waals surface area contributed by atoms with Gasteiger partial charge in [0.2, 0.25) is 5.13 Å². The van der Waals surface area contributed by atoms with Gasteiger partial charge in [-0.05, 0) is 42.7 Å². The highest BCUT2D eigenvalue weighted by Crippen LogP contribution is 2.29. The molecule has 2 aromatic carbocycles. The van der Waals surface area contributed by atoms with Gasteiger partial charge in [-0.15, -0.1) is 10.2 Å². The second-order valence-corrected chi connectivity index (χ2v) is 7.40. The average molecular weight is 393 g/mol. The number of rotatable bonds is 6. The Morgan fingerprint density at radius 1 is 1.14 bits per heavy atom. The van der Waals surface area contributed by atoms with Crippen LogP contribution in [0.15, 0.2) is 57.7 Å². The van der Waals surface area contributed by atoms with Gasteiger partial charge in [0.25, 0.3) is 0 Å². The zero-order valence-corrected chi connectivity index (χ0v) is 16.4. The van der Waals surface area contributed by atoms with E-state index in [2.05, 4.69) is 22.4 Å². The highest BCUT2D eigenvalue weighted by Gasteiger charge is 2.11. The zero-order valence-electron chi connectivity index (χ0n) is 15.6. The lowest BCUT2D eigenvalue weighted by molar-refractivity contribution is 0.301. The van der Waals surface area contributed by atoms with Crippen molar-refractivity contribution in [1.29, 1.82) is 0 Å². The van der Waals surface area contributed by atoms with Crippen LogP contribution in [0.5, 0.6) is 5.75 Å². The molecule has 4 aromatic rings. The zero-order chi connectivity index (χ0) is 19.5. The summed E-state index contributed by atoms with van der Waals surface area (Å²) in [5, 5.41) is 13.9. The molecule has 0 atom stereocenters. The highest BCUT2D eigenvalue weighted by molar-refractivity contribution is 7.15. The third kappa shape index (κ3) is 3.89. The number of aromatic nitrogens is 2. The van der Waals surface area contributed by atoms with Crippen LogP contribution in [0, 0.1) is 6.92 Å². The molecular weight excluding hydrogens is 374 g/mol. The molecule has 7 heteroatoms. The van der Waals surface area contributed by atoms with Crippen molar-refractivity contribution in [2.75, 3.05) is 5.32 Å². The Morgan fingerprint density at radius 2 is 1.96 bits per heavy atom. The lowest BCUT2D eigenvalue weighted by Crippen LogP contribution is -2.01. The summed E-state index contributed by atoms with van der Waals surface area (Å²) in [7, 11) is 0. The van der Waals surface area contributed by atoms with Gasteiger partial charge in [-0.2, -0.15) is 0 Å². The Kier molecular flexibility index (Phi) is 5.08. The molecule has 0 fully saturated rings. The predicted molar refractivity (Wildman–Crippen MR) is 111 cm³/mol. The summed E-state index contributed by atoms with van der Waals surface area (Å²) in [4.78, 5) is 11.7. The molecule has 0 bridgehead atoms. The van der Waals surface area contributed by atoms with Gasteiger partial charge in [0.05, 0.1) is 0 Å². The number of para-hydroxylation sites is 1. The predicted octanol–water partition coefficient (Wildman–Crippen LogP) is 4.84. The molecular formula is C21H19N3O3S. The molecule has 0 radical (unpaired) electrons. The fourth-order valence-electron chi connectivity index (χ4n) is 2.95. The quantitative estimate of drug-likeness (QED) is 0.473. The van der Waals surface area contributed by atoms with Gasteiger partial charge in [-0.1, -0.05) is 36.5 Å². The largest absolute Gasteiger partial charge is 0.486 e. The highest BCUT2D eigenvalue weighted by atomic mass is 32.1. The van der Waals surface area contributed by atoms with Crippen LogP contribution in [-0.2, 0) is 13.0 Å². The van der Waals surface area contributed by atoms with Gasteiger partial charge in [-0.25, -0.2) is 4.79 Å². The van der Waals surface area contributed by atoms with Crippen LogP contribution in [-0.4, -0.2) is 10.2 Å². The SMILES string of the molecule is CCc1cc2c(C)cc(=O)oc2cc1OCc1nnc(Nc2ccccc2)s1. The first-order chi connectivity index (χ1) is 13.6. The summed E-state index contributed by atoms with van der Waals surface area (Å²) in [5.41, 5.74) is 3.08. The van der Waals surface area contributed by atoms with Gasteiger partial charge < -0.3 is 14.5 Å². The number of fused-ring (bicyclic) bond motifs is 1. The molecule has 0 aliphatic carbocycles. The van der Waals surface area contributed by atoms with Gasteiger partial charge in [0.15, 0.2) is 5.01 Å². The number of hydrogen-bond acceptors (Lipinski definition) is 7. The Labute approximate surface area is 165 Å². The lowest BCUT2D eigenvalue weighted by Gasteiger charge is -2.11. The first-order valence-corrected chi connectivity index (χ1v) is 9.78. The minimum atomic E-state index is -0.360. The fourth-order valence-corrected chi connectivity index (χ4v) is 3.62. The van der Waals surface area contributed by atoms with Crippen LogP contribution in [0.1, 0.15) is 23.1 Å². The van der Waals surface area contributed by atoms with E-state index in [0.717, 1.165) is 33.6 Å². The summed E-state index contributed by atoms with van der Waals surface area (Å²) in [6.07, 6.45) is 0.806. The van der Waals surface area contributed by atoms with E-state index in [4.69, 9.17) is 9.15 Å². The van der Waals surface area contributed by atoms with Crippen molar-refractivity contribution in [2.45, 2.75) is 26.9 Å². The van der Waals surface area contributed by atoms with Crippen LogP contribution >= 0.6 is 11.3 Å². The Hall–Kier alpha value is -3.19. The summed E-state index contributed by atoms with van der Waals surface area (Å²) in [6.45, 7) is 4.26.